The molecular weight excluding hydrogens is 358 g/mol. The molecule has 0 bridgehead atoms. The van der Waals surface area contributed by atoms with Crippen LogP contribution in [0.3, 0.4) is 0 Å². The van der Waals surface area contributed by atoms with Crippen molar-refractivity contribution in [2.75, 3.05) is 37.7 Å². The molecule has 0 saturated carbocycles. The van der Waals surface area contributed by atoms with Crippen LogP contribution in [0, 0.1) is 28.6 Å². The van der Waals surface area contributed by atoms with Crippen molar-refractivity contribution in [3.05, 3.63) is 40.2 Å². The molecule has 1 aliphatic heterocycles. The highest BCUT2D eigenvalue weighted by atomic mass is 16.5. The van der Waals surface area contributed by atoms with E-state index in [1.807, 2.05) is 42.2 Å². The molecule has 144 valence electrons. The molecule has 1 N–H and O–H groups in total. The summed E-state index contributed by atoms with van der Waals surface area (Å²) in [6.07, 6.45) is 0. The van der Waals surface area contributed by atoms with Gasteiger partial charge in [0.2, 0.25) is 5.91 Å². The highest BCUT2D eigenvalue weighted by Crippen LogP contribution is 2.33. The number of carbonyl (C=O) groups excluding carboxylic acids is 1. The van der Waals surface area contributed by atoms with Gasteiger partial charge >= 0.3 is 0 Å². The van der Waals surface area contributed by atoms with Crippen LogP contribution >= 0.6 is 0 Å². The van der Waals surface area contributed by atoms with E-state index in [2.05, 4.69) is 11.4 Å². The van der Waals surface area contributed by atoms with Crippen LogP contribution in [0.15, 0.2) is 29.1 Å². The van der Waals surface area contributed by atoms with Gasteiger partial charge in [0.15, 0.2) is 0 Å². The summed E-state index contributed by atoms with van der Waals surface area (Å²) >= 11 is 0. The molecule has 2 aromatic rings. The summed E-state index contributed by atoms with van der Waals surface area (Å²) in [7, 11) is 0. The van der Waals surface area contributed by atoms with Gasteiger partial charge in [0, 0.05) is 31.6 Å². The SMILES string of the molecule is CCOCCn1c(=O)c(C#N)c(N2CC(C(=O)NCC#N)C2)c2ccccc21. The Kier molecular flexibility index (Phi) is 5.93. The zero-order chi connectivity index (χ0) is 20.1. The van der Waals surface area contributed by atoms with E-state index in [1.54, 1.807) is 4.57 Å². The monoisotopic (exact) mass is 379 g/mol. The molecule has 1 aromatic heterocycles. The minimum Gasteiger partial charge on any atom is -0.380 e. The summed E-state index contributed by atoms with van der Waals surface area (Å²) in [6.45, 7) is 3.96. The molecule has 0 radical (unpaired) electrons. The average molecular weight is 379 g/mol. The molecule has 0 spiro atoms. The van der Waals surface area contributed by atoms with Gasteiger partial charge in [0.05, 0.1) is 29.8 Å². The molecule has 0 atom stereocenters. The summed E-state index contributed by atoms with van der Waals surface area (Å²) in [5.41, 5.74) is 1.03. The Balaban J connectivity index is 1.97. The predicted octanol–water partition coefficient (Wildman–Crippen LogP) is 0.986. The van der Waals surface area contributed by atoms with E-state index in [9.17, 15) is 14.9 Å². The topological polar surface area (TPSA) is 111 Å². The Morgan fingerprint density at radius 2 is 2.07 bits per heavy atom. The number of pyridine rings is 1. The van der Waals surface area contributed by atoms with Gasteiger partial charge in [0.1, 0.15) is 18.2 Å². The van der Waals surface area contributed by atoms with E-state index in [1.165, 1.54) is 0 Å². The lowest BCUT2D eigenvalue weighted by atomic mass is 9.95. The zero-order valence-electron chi connectivity index (χ0n) is 15.6. The molecule has 0 unspecified atom stereocenters. The maximum atomic E-state index is 13.0. The first-order valence-electron chi connectivity index (χ1n) is 9.15. The Morgan fingerprint density at radius 1 is 1.32 bits per heavy atom. The molecule has 2 heterocycles. The van der Waals surface area contributed by atoms with Gasteiger partial charge < -0.3 is 19.5 Å². The van der Waals surface area contributed by atoms with Gasteiger partial charge in [-0.3, -0.25) is 9.59 Å². The first-order chi connectivity index (χ1) is 13.6. The third kappa shape index (κ3) is 3.55. The van der Waals surface area contributed by atoms with E-state index in [0.29, 0.717) is 38.5 Å². The summed E-state index contributed by atoms with van der Waals surface area (Å²) in [6, 6.07) is 11.4. The van der Waals surface area contributed by atoms with Crippen LogP contribution in [0.1, 0.15) is 12.5 Å². The van der Waals surface area contributed by atoms with Crippen molar-refractivity contribution >= 4 is 22.5 Å². The fourth-order valence-corrected chi connectivity index (χ4v) is 3.44. The number of nitrogens with one attached hydrogen (secondary N) is 1. The van der Waals surface area contributed by atoms with Crippen LogP contribution in [-0.2, 0) is 16.1 Å². The van der Waals surface area contributed by atoms with E-state index in [4.69, 9.17) is 10.00 Å². The van der Waals surface area contributed by atoms with Crippen LogP contribution in [0.25, 0.3) is 10.9 Å². The van der Waals surface area contributed by atoms with Crippen LogP contribution < -0.4 is 15.8 Å². The van der Waals surface area contributed by atoms with Gasteiger partial charge in [-0.1, -0.05) is 18.2 Å². The maximum absolute atomic E-state index is 13.0. The van der Waals surface area contributed by atoms with Gasteiger partial charge in [-0.15, -0.1) is 0 Å². The maximum Gasteiger partial charge on any atom is 0.271 e. The van der Waals surface area contributed by atoms with Crippen molar-refractivity contribution in [1.82, 2.24) is 9.88 Å². The lowest BCUT2D eigenvalue weighted by molar-refractivity contribution is -0.125. The summed E-state index contributed by atoms with van der Waals surface area (Å²) in [5, 5.41) is 21.6. The normalized spacial score (nSPS) is 13.6. The Labute approximate surface area is 162 Å². The highest BCUT2D eigenvalue weighted by molar-refractivity contribution is 5.96. The third-order valence-corrected chi connectivity index (χ3v) is 4.83. The van der Waals surface area contributed by atoms with Crippen molar-refractivity contribution < 1.29 is 9.53 Å². The number of hydrogen-bond acceptors (Lipinski definition) is 6. The van der Waals surface area contributed by atoms with Crippen LogP contribution in [-0.4, -0.2) is 43.3 Å². The summed E-state index contributed by atoms with van der Waals surface area (Å²) < 4.78 is 6.95. The number of anilines is 1. The number of amides is 1. The van der Waals surface area contributed by atoms with Gasteiger partial charge in [0.25, 0.3) is 5.56 Å². The number of carbonyl (C=O) groups is 1. The average Bonchev–Trinajstić information content (AvgIpc) is 2.67. The third-order valence-electron chi connectivity index (χ3n) is 4.83. The number of aromatic nitrogens is 1. The number of rotatable bonds is 7. The Morgan fingerprint density at radius 3 is 2.75 bits per heavy atom. The first-order valence-corrected chi connectivity index (χ1v) is 9.15. The number of fused-ring (bicyclic) bond motifs is 1. The van der Waals surface area contributed by atoms with Crippen molar-refractivity contribution in [3.63, 3.8) is 0 Å². The number of nitrogens with zero attached hydrogens (tertiary/aromatic N) is 4. The highest BCUT2D eigenvalue weighted by Gasteiger charge is 2.35. The van der Waals surface area contributed by atoms with E-state index in [0.717, 1.165) is 10.9 Å². The fourth-order valence-electron chi connectivity index (χ4n) is 3.44. The van der Waals surface area contributed by atoms with Gasteiger partial charge in [-0.05, 0) is 13.0 Å². The van der Waals surface area contributed by atoms with Crippen molar-refractivity contribution in [2.24, 2.45) is 5.92 Å². The van der Waals surface area contributed by atoms with Crippen LogP contribution in [0.2, 0.25) is 0 Å². The number of nitriles is 2. The van der Waals surface area contributed by atoms with E-state index in [-0.39, 0.29) is 29.5 Å². The number of ether oxygens (including phenoxy) is 1. The minimum atomic E-state index is -0.353. The first kappa shape index (κ1) is 19.4. The molecule has 1 amide bonds. The fraction of sp³-hybridized carbons (Fsp3) is 0.400. The molecule has 8 nitrogen and oxygen atoms in total. The van der Waals surface area contributed by atoms with Crippen LogP contribution in [0.5, 0.6) is 0 Å². The van der Waals surface area contributed by atoms with Crippen molar-refractivity contribution in [3.8, 4) is 12.1 Å². The minimum absolute atomic E-state index is 0.0302. The van der Waals surface area contributed by atoms with Crippen molar-refractivity contribution in [2.45, 2.75) is 13.5 Å². The van der Waals surface area contributed by atoms with Crippen molar-refractivity contribution in [1.29, 1.82) is 10.5 Å². The molecule has 1 aliphatic rings. The number of benzene rings is 1. The lowest BCUT2D eigenvalue weighted by Crippen LogP contribution is -2.54. The standard InChI is InChI=1S/C20H21N5O3/c1-2-28-10-9-25-17-6-4-3-5-15(17)18(16(11-22)20(25)27)24-12-14(13-24)19(26)23-8-7-21/h3-6,14H,2,8-10,12-13H2,1H3,(H,23,26). The summed E-state index contributed by atoms with van der Waals surface area (Å²) in [4.78, 5) is 26.9. The van der Waals surface area contributed by atoms with E-state index >= 15 is 0 Å². The van der Waals surface area contributed by atoms with Gasteiger partial charge in [-0.25, -0.2) is 0 Å². The molecule has 8 heteroatoms. The molecule has 1 fully saturated rings. The van der Waals surface area contributed by atoms with Crippen LogP contribution in [0.4, 0.5) is 5.69 Å². The summed E-state index contributed by atoms with van der Waals surface area (Å²) in [5.74, 6) is -0.454. The lowest BCUT2D eigenvalue weighted by Gasteiger charge is -2.41. The number of para-hydroxylation sites is 1. The van der Waals surface area contributed by atoms with E-state index < -0.39 is 0 Å². The Hall–Kier alpha value is -3.36. The smallest absolute Gasteiger partial charge is 0.271 e. The molecule has 1 saturated heterocycles. The Bertz CT molecular complexity index is 1030. The second kappa shape index (κ2) is 8.55. The predicted molar refractivity (Wildman–Crippen MR) is 104 cm³/mol. The molecule has 28 heavy (non-hydrogen) atoms. The second-order valence-corrected chi connectivity index (χ2v) is 6.48. The molecular formula is C20H21N5O3. The zero-order valence-corrected chi connectivity index (χ0v) is 15.6. The largest absolute Gasteiger partial charge is 0.380 e. The van der Waals surface area contributed by atoms with Gasteiger partial charge in [-0.2, -0.15) is 10.5 Å². The second-order valence-electron chi connectivity index (χ2n) is 6.48. The molecule has 0 aliphatic carbocycles. The molecule has 3 rings (SSSR count). The quantitative estimate of drug-likeness (QED) is 0.567. The number of hydrogen-bond donors (Lipinski definition) is 1. The molecule has 1 aromatic carbocycles.